The molecule has 0 amide bonds. The third-order valence-corrected chi connectivity index (χ3v) is 1.28. The van der Waals surface area contributed by atoms with E-state index in [9.17, 15) is 0 Å². The smallest absolute Gasteiger partial charge is 0.0891 e. The molecule has 1 saturated heterocycles. The van der Waals surface area contributed by atoms with Crippen LogP contribution in [0, 0.1) is 12.5 Å². The predicted octanol–water partition coefficient (Wildman–Crippen LogP) is 0.831. The Morgan fingerprint density at radius 1 is 1.88 bits per heavy atom. The van der Waals surface area contributed by atoms with Crippen molar-refractivity contribution in [3.05, 3.63) is 6.61 Å². The minimum atomic E-state index is 0.542. The fourth-order valence-corrected chi connectivity index (χ4v) is 0.828. The lowest BCUT2D eigenvalue weighted by molar-refractivity contribution is 0.158. The minimum absolute atomic E-state index is 0.542. The molecule has 8 heavy (non-hydrogen) atoms. The highest BCUT2D eigenvalue weighted by Crippen LogP contribution is 2.15. The zero-order valence-electron chi connectivity index (χ0n) is 5.09. The van der Waals surface area contributed by atoms with Gasteiger partial charge in [-0.25, -0.2) is 0 Å². The first-order valence-corrected chi connectivity index (χ1v) is 2.87. The van der Waals surface area contributed by atoms with E-state index in [2.05, 4.69) is 0 Å². The Bertz CT molecular complexity index is 57.5. The fraction of sp³-hybridized carbons (Fsp3) is 0.833. The standard InChI is InChI=1S/C6H11O2/c1-7-4-6-2-3-8-5-6/h5-6H,2-4H2,1H3. The normalized spacial score (nSPS) is 28.9. The Morgan fingerprint density at radius 3 is 3.25 bits per heavy atom. The number of methoxy groups -OCH3 is 1. The van der Waals surface area contributed by atoms with E-state index in [4.69, 9.17) is 9.47 Å². The Balaban J connectivity index is 2.06. The average Bonchev–Trinajstić information content (AvgIpc) is 2.19. The molecule has 0 bridgehead atoms. The Kier molecular flexibility index (Phi) is 2.30. The van der Waals surface area contributed by atoms with Crippen LogP contribution < -0.4 is 0 Å². The van der Waals surface area contributed by atoms with Crippen LogP contribution in [-0.2, 0) is 9.47 Å². The van der Waals surface area contributed by atoms with Gasteiger partial charge in [-0.3, -0.25) is 0 Å². The second-order valence-corrected chi connectivity index (χ2v) is 2.01. The van der Waals surface area contributed by atoms with E-state index in [1.165, 1.54) is 0 Å². The molecular weight excluding hydrogens is 104 g/mol. The maximum atomic E-state index is 5.00. The van der Waals surface area contributed by atoms with E-state index in [-0.39, 0.29) is 0 Å². The Hall–Kier alpha value is -0.0800. The summed E-state index contributed by atoms with van der Waals surface area (Å²) in [5.41, 5.74) is 0. The van der Waals surface area contributed by atoms with Crippen LogP contribution in [0.3, 0.4) is 0 Å². The van der Waals surface area contributed by atoms with Gasteiger partial charge >= 0.3 is 0 Å². The van der Waals surface area contributed by atoms with Crippen molar-refractivity contribution in [3.8, 4) is 0 Å². The van der Waals surface area contributed by atoms with Crippen molar-refractivity contribution in [1.29, 1.82) is 0 Å². The summed E-state index contributed by atoms with van der Waals surface area (Å²) in [6, 6.07) is 0. The summed E-state index contributed by atoms with van der Waals surface area (Å²) in [6.45, 7) is 3.54. The average molecular weight is 115 g/mol. The van der Waals surface area contributed by atoms with Gasteiger partial charge in [0.2, 0.25) is 0 Å². The third-order valence-electron chi connectivity index (χ3n) is 1.28. The Labute approximate surface area is 49.8 Å². The molecule has 2 heteroatoms. The van der Waals surface area contributed by atoms with Gasteiger partial charge in [0.15, 0.2) is 0 Å². The molecule has 0 aromatic rings. The zero-order chi connectivity index (χ0) is 5.82. The number of rotatable bonds is 2. The summed E-state index contributed by atoms with van der Waals surface area (Å²) in [6.07, 6.45) is 1.12. The molecule has 1 fully saturated rings. The highest BCUT2D eigenvalue weighted by Gasteiger charge is 2.14. The maximum Gasteiger partial charge on any atom is 0.0891 e. The van der Waals surface area contributed by atoms with Gasteiger partial charge in [0.25, 0.3) is 0 Å². The molecule has 1 aliphatic heterocycles. The second kappa shape index (κ2) is 3.05. The minimum Gasteiger partial charge on any atom is -0.384 e. The topological polar surface area (TPSA) is 18.5 Å². The van der Waals surface area contributed by atoms with Gasteiger partial charge in [-0.15, -0.1) is 0 Å². The molecule has 0 spiro atoms. The maximum absolute atomic E-state index is 5.00. The summed E-state index contributed by atoms with van der Waals surface area (Å²) in [4.78, 5) is 0. The summed E-state index contributed by atoms with van der Waals surface area (Å²) in [7, 11) is 1.71. The van der Waals surface area contributed by atoms with Crippen LogP contribution in [-0.4, -0.2) is 20.3 Å². The summed E-state index contributed by atoms with van der Waals surface area (Å²) < 4.78 is 9.92. The van der Waals surface area contributed by atoms with Crippen molar-refractivity contribution in [1.82, 2.24) is 0 Å². The van der Waals surface area contributed by atoms with Gasteiger partial charge in [-0.1, -0.05) is 0 Å². The van der Waals surface area contributed by atoms with Gasteiger partial charge in [0, 0.05) is 19.6 Å². The van der Waals surface area contributed by atoms with Gasteiger partial charge in [0.05, 0.1) is 13.2 Å². The molecule has 2 nitrogen and oxygen atoms in total. The highest BCUT2D eigenvalue weighted by molar-refractivity contribution is 4.72. The second-order valence-electron chi connectivity index (χ2n) is 2.01. The van der Waals surface area contributed by atoms with Crippen LogP contribution in [0.25, 0.3) is 0 Å². The van der Waals surface area contributed by atoms with Crippen LogP contribution in [0.1, 0.15) is 6.42 Å². The molecular formula is C6H11O2. The van der Waals surface area contributed by atoms with Crippen LogP contribution >= 0.6 is 0 Å². The lowest BCUT2D eigenvalue weighted by atomic mass is 10.1. The largest absolute Gasteiger partial charge is 0.384 e. The highest BCUT2D eigenvalue weighted by atomic mass is 16.5. The summed E-state index contributed by atoms with van der Waals surface area (Å²) >= 11 is 0. The lowest BCUT2D eigenvalue weighted by Gasteiger charge is -2.01. The van der Waals surface area contributed by atoms with E-state index in [0.29, 0.717) is 5.92 Å². The molecule has 1 radical (unpaired) electrons. The van der Waals surface area contributed by atoms with Gasteiger partial charge in [-0.2, -0.15) is 0 Å². The first-order chi connectivity index (χ1) is 3.93. The number of ether oxygens (including phenoxy) is 2. The molecule has 1 heterocycles. The monoisotopic (exact) mass is 115 g/mol. The van der Waals surface area contributed by atoms with Crippen molar-refractivity contribution in [2.75, 3.05) is 20.3 Å². The molecule has 0 aliphatic carbocycles. The van der Waals surface area contributed by atoms with Crippen LogP contribution in [0.5, 0.6) is 0 Å². The first kappa shape index (κ1) is 6.05. The van der Waals surface area contributed by atoms with Crippen molar-refractivity contribution in [2.45, 2.75) is 6.42 Å². The molecule has 0 aromatic heterocycles. The first-order valence-electron chi connectivity index (χ1n) is 2.87. The van der Waals surface area contributed by atoms with Crippen molar-refractivity contribution in [3.63, 3.8) is 0 Å². The summed E-state index contributed by atoms with van der Waals surface area (Å²) in [5, 5.41) is 0. The quantitative estimate of drug-likeness (QED) is 0.530. The lowest BCUT2D eigenvalue weighted by Crippen LogP contribution is -2.02. The molecule has 1 aliphatic rings. The predicted molar refractivity (Wildman–Crippen MR) is 30.2 cm³/mol. The van der Waals surface area contributed by atoms with Gasteiger partial charge in [-0.05, 0) is 6.42 Å². The van der Waals surface area contributed by atoms with Crippen molar-refractivity contribution in [2.24, 2.45) is 5.92 Å². The summed E-state index contributed by atoms with van der Waals surface area (Å²) in [5.74, 6) is 0.542. The van der Waals surface area contributed by atoms with Crippen LogP contribution in [0.2, 0.25) is 0 Å². The molecule has 1 unspecified atom stereocenters. The molecule has 0 aromatic carbocycles. The molecule has 1 atom stereocenters. The van der Waals surface area contributed by atoms with Crippen LogP contribution in [0.15, 0.2) is 0 Å². The van der Waals surface area contributed by atoms with Crippen molar-refractivity contribution >= 4 is 0 Å². The molecule has 47 valence electrons. The zero-order valence-corrected chi connectivity index (χ0v) is 5.09. The van der Waals surface area contributed by atoms with E-state index in [1.54, 1.807) is 7.11 Å². The van der Waals surface area contributed by atoms with Gasteiger partial charge < -0.3 is 9.47 Å². The van der Waals surface area contributed by atoms with E-state index >= 15 is 0 Å². The van der Waals surface area contributed by atoms with Gasteiger partial charge in [0.1, 0.15) is 0 Å². The Morgan fingerprint density at radius 2 is 2.75 bits per heavy atom. The van der Waals surface area contributed by atoms with Crippen molar-refractivity contribution < 1.29 is 9.47 Å². The number of hydrogen-bond acceptors (Lipinski definition) is 2. The molecule has 0 N–H and O–H groups in total. The van der Waals surface area contributed by atoms with E-state index in [0.717, 1.165) is 19.6 Å². The third kappa shape index (κ3) is 1.46. The van der Waals surface area contributed by atoms with E-state index < -0.39 is 0 Å². The van der Waals surface area contributed by atoms with E-state index in [1.807, 2.05) is 6.61 Å². The van der Waals surface area contributed by atoms with Crippen LogP contribution in [0.4, 0.5) is 0 Å². The SMILES string of the molecule is COCC1[CH]OCC1. The fourth-order valence-electron chi connectivity index (χ4n) is 0.828. The molecule has 1 rings (SSSR count). The number of hydrogen-bond donors (Lipinski definition) is 0. The molecule has 0 saturated carbocycles.